The van der Waals surface area contributed by atoms with E-state index in [-0.39, 0.29) is 0 Å². The number of aryl methyl sites for hydroxylation is 3. The van der Waals surface area contributed by atoms with Crippen molar-refractivity contribution in [1.29, 1.82) is 0 Å². The monoisotopic (exact) mass is 235 g/mol. The van der Waals surface area contributed by atoms with Crippen LogP contribution in [-0.2, 0) is 4.74 Å². The molecule has 0 radical (unpaired) electrons. The molecular weight excluding hydrogens is 210 g/mol. The van der Waals surface area contributed by atoms with E-state index in [0.29, 0.717) is 6.04 Å². The lowest BCUT2D eigenvalue weighted by atomic mass is 9.94. The molecule has 0 saturated heterocycles. The quantitative estimate of drug-likeness (QED) is 0.764. The fourth-order valence-electron chi connectivity index (χ4n) is 2.16. The van der Waals surface area contributed by atoms with Crippen LogP contribution in [0.25, 0.3) is 0 Å². The van der Waals surface area contributed by atoms with Crippen LogP contribution in [-0.4, -0.2) is 20.3 Å². The second-order valence-electron chi connectivity index (χ2n) is 4.62. The first kappa shape index (κ1) is 14.2. The molecule has 96 valence electrons. The van der Waals surface area contributed by atoms with Gasteiger partial charge in [0.2, 0.25) is 0 Å². The van der Waals surface area contributed by atoms with Crippen LogP contribution in [0.4, 0.5) is 0 Å². The average molecular weight is 235 g/mol. The molecule has 1 aromatic carbocycles. The van der Waals surface area contributed by atoms with E-state index in [2.05, 4.69) is 38.2 Å². The van der Waals surface area contributed by atoms with E-state index in [1.807, 2.05) is 14.0 Å². The van der Waals surface area contributed by atoms with Gasteiger partial charge in [0.05, 0.1) is 0 Å². The summed E-state index contributed by atoms with van der Waals surface area (Å²) in [5, 5.41) is 3.38. The Balaban J connectivity index is 2.84. The van der Waals surface area contributed by atoms with E-state index >= 15 is 0 Å². The third-order valence-corrected chi connectivity index (χ3v) is 3.36. The average Bonchev–Trinajstić information content (AvgIpc) is 2.30. The van der Waals surface area contributed by atoms with Gasteiger partial charge in [-0.1, -0.05) is 12.1 Å². The van der Waals surface area contributed by atoms with Crippen molar-refractivity contribution in [2.75, 3.05) is 20.3 Å². The molecule has 2 heteroatoms. The molecule has 0 saturated carbocycles. The minimum Gasteiger partial charge on any atom is -0.382 e. The molecule has 0 bridgehead atoms. The molecular formula is C15H25NO. The zero-order valence-corrected chi connectivity index (χ0v) is 11.8. The first-order valence-electron chi connectivity index (χ1n) is 6.42. The highest BCUT2D eigenvalue weighted by atomic mass is 16.5. The molecule has 0 fully saturated rings. The molecule has 17 heavy (non-hydrogen) atoms. The van der Waals surface area contributed by atoms with Gasteiger partial charge >= 0.3 is 0 Å². The largest absolute Gasteiger partial charge is 0.382 e. The number of rotatable bonds is 6. The van der Waals surface area contributed by atoms with E-state index in [4.69, 9.17) is 4.74 Å². The molecule has 0 spiro atoms. The molecule has 1 unspecified atom stereocenters. The van der Waals surface area contributed by atoms with Crippen molar-refractivity contribution in [3.63, 3.8) is 0 Å². The Hall–Kier alpha value is -0.860. The van der Waals surface area contributed by atoms with Crippen LogP contribution in [0, 0.1) is 20.8 Å². The van der Waals surface area contributed by atoms with Gasteiger partial charge in [0, 0.05) is 19.3 Å². The maximum absolute atomic E-state index is 5.44. The Morgan fingerprint density at radius 3 is 2.35 bits per heavy atom. The first-order chi connectivity index (χ1) is 8.10. The normalized spacial score (nSPS) is 12.8. The predicted molar refractivity (Wildman–Crippen MR) is 73.6 cm³/mol. The second-order valence-corrected chi connectivity index (χ2v) is 4.62. The number of ether oxygens (including phenoxy) is 1. The highest BCUT2D eigenvalue weighted by molar-refractivity contribution is 5.38. The molecule has 0 amide bonds. The smallest absolute Gasteiger partial charge is 0.0484 e. The van der Waals surface area contributed by atoms with Gasteiger partial charge in [0.15, 0.2) is 0 Å². The van der Waals surface area contributed by atoms with Crippen LogP contribution in [0.5, 0.6) is 0 Å². The van der Waals surface area contributed by atoms with Crippen molar-refractivity contribution < 1.29 is 4.74 Å². The van der Waals surface area contributed by atoms with Crippen molar-refractivity contribution in [2.24, 2.45) is 0 Å². The second kappa shape index (κ2) is 6.77. The van der Waals surface area contributed by atoms with E-state index in [0.717, 1.165) is 19.6 Å². The number of hydrogen-bond donors (Lipinski definition) is 1. The molecule has 0 aliphatic rings. The lowest BCUT2D eigenvalue weighted by molar-refractivity contribution is 0.137. The third-order valence-electron chi connectivity index (χ3n) is 3.36. The zero-order chi connectivity index (χ0) is 12.8. The van der Waals surface area contributed by atoms with Crippen molar-refractivity contribution >= 4 is 0 Å². The van der Waals surface area contributed by atoms with Gasteiger partial charge in [-0.05, 0) is 63.4 Å². The molecule has 0 aliphatic heterocycles. The zero-order valence-electron chi connectivity index (χ0n) is 11.8. The summed E-state index contributed by atoms with van der Waals surface area (Å²) in [5.74, 6) is 0. The van der Waals surface area contributed by atoms with E-state index in [1.165, 1.54) is 22.3 Å². The fraction of sp³-hybridized carbons (Fsp3) is 0.600. The van der Waals surface area contributed by atoms with Gasteiger partial charge in [-0.2, -0.15) is 0 Å². The topological polar surface area (TPSA) is 21.3 Å². The van der Waals surface area contributed by atoms with Gasteiger partial charge in [0.1, 0.15) is 0 Å². The summed E-state index contributed by atoms with van der Waals surface area (Å²) in [6, 6.07) is 4.97. The molecule has 0 heterocycles. The summed E-state index contributed by atoms with van der Waals surface area (Å²) < 4.78 is 5.44. The number of hydrogen-bond acceptors (Lipinski definition) is 2. The molecule has 0 aliphatic carbocycles. The lowest BCUT2D eigenvalue weighted by Gasteiger charge is -2.20. The Bertz CT molecular complexity index is 360. The fourth-order valence-corrected chi connectivity index (χ4v) is 2.16. The van der Waals surface area contributed by atoms with Crippen LogP contribution in [0.2, 0.25) is 0 Å². The molecule has 1 atom stereocenters. The molecule has 1 aromatic rings. The Morgan fingerprint density at radius 2 is 1.76 bits per heavy atom. The summed E-state index contributed by atoms with van der Waals surface area (Å²) in [6.07, 6.45) is 1.02. The summed E-state index contributed by atoms with van der Waals surface area (Å²) in [6.45, 7) is 10.2. The predicted octanol–water partition coefficient (Wildman–Crippen LogP) is 3.30. The minimum absolute atomic E-state index is 0.390. The van der Waals surface area contributed by atoms with Crippen LogP contribution in [0.1, 0.15) is 41.6 Å². The van der Waals surface area contributed by atoms with Crippen LogP contribution in [0.15, 0.2) is 12.1 Å². The highest BCUT2D eigenvalue weighted by Gasteiger charge is 2.12. The van der Waals surface area contributed by atoms with Crippen molar-refractivity contribution in [3.8, 4) is 0 Å². The summed E-state index contributed by atoms with van der Waals surface area (Å²) >= 11 is 0. The maximum atomic E-state index is 5.44. The molecule has 1 rings (SSSR count). The Kier molecular flexibility index (Phi) is 5.66. The SMILES string of the molecule is CCOCCC(NC)c1cc(C)c(C)cc1C. The van der Waals surface area contributed by atoms with Crippen molar-refractivity contribution in [1.82, 2.24) is 5.32 Å². The third kappa shape index (κ3) is 3.83. The molecule has 1 N–H and O–H groups in total. The minimum atomic E-state index is 0.390. The van der Waals surface area contributed by atoms with Gasteiger partial charge < -0.3 is 10.1 Å². The van der Waals surface area contributed by atoms with Crippen LogP contribution < -0.4 is 5.32 Å². The van der Waals surface area contributed by atoms with E-state index in [9.17, 15) is 0 Å². The van der Waals surface area contributed by atoms with Gasteiger partial charge in [0.25, 0.3) is 0 Å². The molecule has 2 nitrogen and oxygen atoms in total. The van der Waals surface area contributed by atoms with Gasteiger partial charge in [-0.15, -0.1) is 0 Å². The number of nitrogens with one attached hydrogen (secondary N) is 1. The summed E-state index contributed by atoms with van der Waals surface area (Å²) in [4.78, 5) is 0. The lowest BCUT2D eigenvalue weighted by Crippen LogP contribution is -2.19. The van der Waals surface area contributed by atoms with E-state index < -0.39 is 0 Å². The Morgan fingerprint density at radius 1 is 1.12 bits per heavy atom. The maximum Gasteiger partial charge on any atom is 0.0484 e. The van der Waals surface area contributed by atoms with Gasteiger partial charge in [-0.3, -0.25) is 0 Å². The van der Waals surface area contributed by atoms with Crippen molar-refractivity contribution in [2.45, 2.75) is 40.2 Å². The standard InChI is InChI=1S/C15H25NO/c1-6-17-8-7-15(16-5)14-10-12(3)11(2)9-13(14)4/h9-10,15-16H,6-8H2,1-5H3. The van der Waals surface area contributed by atoms with Crippen molar-refractivity contribution in [3.05, 3.63) is 34.4 Å². The number of benzene rings is 1. The van der Waals surface area contributed by atoms with Crippen LogP contribution in [0.3, 0.4) is 0 Å². The van der Waals surface area contributed by atoms with Crippen LogP contribution >= 0.6 is 0 Å². The van der Waals surface area contributed by atoms with Gasteiger partial charge in [-0.25, -0.2) is 0 Å². The first-order valence-corrected chi connectivity index (χ1v) is 6.42. The summed E-state index contributed by atoms with van der Waals surface area (Å²) in [5.41, 5.74) is 5.49. The molecule has 0 aromatic heterocycles. The van der Waals surface area contributed by atoms with E-state index in [1.54, 1.807) is 0 Å². The highest BCUT2D eigenvalue weighted by Crippen LogP contribution is 2.23. The Labute approximate surface area is 105 Å². The summed E-state index contributed by atoms with van der Waals surface area (Å²) in [7, 11) is 2.02.